The Labute approximate surface area is 115 Å². The van der Waals surface area contributed by atoms with E-state index in [-0.39, 0.29) is 0 Å². The lowest BCUT2D eigenvalue weighted by Gasteiger charge is -2.44. The van der Waals surface area contributed by atoms with Crippen LogP contribution in [0.15, 0.2) is 18.2 Å². The predicted molar refractivity (Wildman–Crippen MR) is 76.3 cm³/mol. The van der Waals surface area contributed by atoms with Crippen LogP contribution >= 0.6 is 0 Å². The Morgan fingerprint density at radius 1 is 1.37 bits per heavy atom. The van der Waals surface area contributed by atoms with Crippen LogP contribution in [0.2, 0.25) is 0 Å². The highest BCUT2D eigenvalue weighted by Gasteiger charge is 2.34. The van der Waals surface area contributed by atoms with Crippen LogP contribution in [0, 0.1) is 0 Å². The lowest BCUT2D eigenvalue weighted by atomic mass is 9.90. The van der Waals surface area contributed by atoms with E-state index in [2.05, 4.69) is 28.4 Å². The molecule has 1 saturated carbocycles. The number of morpholine rings is 1. The molecule has 2 unspecified atom stereocenters. The van der Waals surface area contributed by atoms with E-state index in [0.717, 1.165) is 31.2 Å². The van der Waals surface area contributed by atoms with Crippen molar-refractivity contribution in [2.75, 3.05) is 25.1 Å². The first kappa shape index (κ1) is 12.9. The topological polar surface area (TPSA) is 37.4 Å². The molecule has 1 N–H and O–H groups in total. The summed E-state index contributed by atoms with van der Waals surface area (Å²) in [5.74, 6) is 1.12. The van der Waals surface area contributed by atoms with Gasteiger partial charge in [-0.2, -0.15) is 0 Å². The Kier molecular flexibility index (Phi) is 3.99. The van der Waals surface area contributed by atoms with Gasteiger partial charge >= 0.3 is 0 Å². The third-order valence-electron chi connectivity index (χ3n) is 4.18. The smallest absolute Gasteiger partial charge is 0.129 e. The third-order valence-corrected chi connectivity index (χ3v) is 4.18. The molecule has 0 spiro atoms. The fourth-order valence-electron chi connectivity index (χ4n) is 3.29. The Hall–Kier alpha value is -1.13. The monoisotopic (exact) mass is 261 g/mol. The Morgan fingerprint density at radius 2 is 2.26 bits per heavy atom. The maximum Gasteiger partial charge on any atom is 0.129 e. The fraction of sp³-hybridized carbons (Fsp3) is 0.667. The van der Waals surface area contributed by atoms with Crippen molar-refractivity contribution < 1.29 is 4.74 Å². The molecule has 0 bridgehead atoms. The van der Waals surface area contributed by atoms with Crippen LogP contribution in [0.25, 0.3) is 0 Å². The summed E-state index contributed by atoms with van der Waals surface area (Å²) in [6.07, 6.45) is 5.48. The normalized spacial score (nSPS) is 27.1. The van der Waals surface area contributed by atoms with Crippen molar-refractivity contribution >= 4 is 5.82 Å². The molecule has 4 heteroatoms. The highest BCUT2D eigenvalue weighted by molar-refractivity contribution is 5.41. The average Bonchev–Trinajstić information content (AvgIpc) is 2.47. The zero-order valence-electron chi connectivity index (χ0n) is 11.6. The van der Waals surface area contributed by atoms with Gasteiger partial charge in [-0.1, -0.05) is 18.9 Å². The molecule has 2 atom stereocenters. The summed E-state index contributed by atoms with van der Waals surface area (Å²) in [7, 11) is 1.96. The average molecular weight is 261 g/mol. The lowest BCUT2D eigenvalue weighted by Crippen LogP contribution is -2.53. The number of ether oxygens (including phenoxy) is 1. The second kappa shape index (κ2) is 5.88. The molecule has 0 aromatic carbocycles. The van der Waals surface area contributed by atoms with Gasteiger partial charge in [-0.15, -0.1) is 0 Å². The maximum atomic E-state index is 5.93. The van der Waals surface area contributed by atoms with Crippen LogP contribution in [-0.2, 0) is 11.3 Å². The summed E-state index contributed by atoms with van der Waals surface area (Å²) < 4.78 is 5.93. The molecule has 1 aliphatic heterocycles. The Balaban J connectivity index is 1.81. The van der Waals surface area contributed by atoms with E-state index in [1.54, 1.807) is 0 Å². The highest BCUT2D eigenvalue weighted by Crippen LogP contribution is 2.31. The summed E-state index contributed by atoms with van der Waals surface area (Å²) in [4.78, 5) is 7.25. The van der Waals surface area contributed by atoms with Gasteiger partial charge < -0.3 is 15.0 Å². The number of hydrogen-bond acceptors (Lipinski definition) is 4. The first-order chi connectivity index (χ1) is 9.38. The summed E-state index contributed by atoms with van der Waals surface area (Å²) in [5, 5.41) is 3.16. The van der Waals surface area contributed by atoms with Crippen molar-refractivity contribution in [1.82, 2.24) is 10.3 Å². The van der Waals surface area contributed by atoms with Gasteiger partial charge in [-0.3, -0.25) is 0 Å². The van der Waals surface area contributed by atoms with Crippen LogP contribution in [-0.4, -0.2) is 37.3 Å². The standard InChI is InChI=1S/C15H23N3O/c1-16-11-12-5-4-8-15(17-12)18-9-10-19-14-7-3-2-6-13(14)18/h4-5,8,13-14,16H,2-3,6-7,9-11H2,1H3. The number of anilines is 1. The molecular weight excluding hydrogens is 238 g/mol. The highest BCUT2D eigenvalue weighted by atomic mass is 16.5. The molecule has 2 heterocycles. The van der Waals surface area contributed by atoms with E-state index in [4.69, 9.17) is 9.72 Å². The second-order valence-electron chi connectivity index (χ2n) is 5.47. The second-order valence-corrected chi connectivity index (χ2v) is 5.47. The number of rotatable bonds is 3. The molecule has 0 radical (unpaired) electrons. The number of fused-ring (bicyclic) bond motifs is 1. The molecule has 1 aromatic rings. The van der Waals surface area contributed by atoms with Gasteiger partial charge in [0.2, 0.25) is 0 Å². The van der Waals surface area contributed by atoms with Crippen LogP contribution < -0.4 is 10.2 Å². The van der Waals surface area contributed by atoms with Gasteiger partial charge in [0.1, 0.15) is 5.82 Å². The third kappa shape index (κ3) is 2.74. The molecule has 4 nitrogen and oxygen atoms in total. The van der Waals surface area contributed by atoms with Gasteiger partial charge in [0, 0.05) is 13.1 Å². The minimum Gasteiger partial charge on any atom is -0.374 e. The van der Waals surface area contributed by atoms with Gasteiger partial charge in [0.25, 0.3) is 0 Å². The largest absolute Gasteiger partial charge is 0.374 e. The Morgan fingerprint density at radius 3 is 3.16 bits per heavy atom. The molecule has 2 aliphatic rings. The molecule has 1 aliphatic carbocycles. The zero-order chi connectivity index (χ0) is 13.1. The van der Waals surface area contributed by atoms with Crippen molar-refractivity contribution in [2.24, 2.45) is 0 Å². The molecule has 0 amide bonds. The summed E-state index contributed by atoms with van der Waals surface area (Å²) in [5.41, 5.74) is 1.11. The molecule has 19 heavy (non-hydrogen) atoms. The van der Waals surface area contributed by atoms with Crippen LogP contribution in [0.3, 0.4) is 0 Å². The van der Waals surface area contributed by atoms with E-state index < -0.39 is 0 Å². The molecule has 2 fully saturated rings. The molecule has 1 saturated heterocycles. The molecular formula is C15H23N3O. The Bertz CT molecular complexity index is 422. The summed E-state index contributed by atoms with van der Waals surface area (Å²) in [6, 6.07) is 6.86. The SMILES string of the molecule is CNCc1cccc(N2CCOC3CCCCC32)n1. The van der Waals surface area contributed by atoms with E-state index in [0.29, 0.717) is 12.1 Å². The van der Waals surface area contributed by atoms with E-state index in [1.807, 2.05) is 7.05 Å². The summed E-state index contributed by atoms with van der Waals surface area (Å²) >= 11 is 0. The fourth-order valence-corrected chi connectivity index (χ4v) is 3.29. The number of nitrogens with one attached hydrogen (secondary N) is 1. The van der Waals surface area contributed by atoms with Crippen molar-refractivity contribution in [3.8, 4) is 0 Å². The van der Waals surface area contributed by atoms with E-state index in [1.165, 1.54) is 25.7 Å². The first-order valence-corrected chi connectivity index (χ1v) is 7.37. The number of nitrogens with zero attached hydrogens (tertiary/aromatic N) is 2. The van der Waals surface area contributed by atoms with Gasteiger partial charge in [0.05, 0.1) is 24.4 Å². The van der Waals surface area contributed by atoms with E-state index in [9.17, 15) is 0 Å². The van der Waals surface area contributed by atoms with Gasteiger partial charge in [0.15, 0.2) is 0 Å². The van der Waals surface area contributed by atoms with Crippen LogP contribution in [0.1, 0.15) is 31.4 Å². The molecule has 104 valence electrons. The van der Waals surface area contributed by atoms with Gasteiger partial charge in [-0.25, -0.2) is 4.98 Å². The van der Waals surface area contributed by atoms with Crippen LogP contribution in [0.5, 0.6) is 0 Å². The van der Waals surface area contributed by atoms with Crippen molar-refractivity contribution in [3.05, 3.63) is 23.9 Å². The first-order valence-electron chi connectivity index (χ1n) is 7.37. The maximum absolute atomic E-state index is 5.93. The lowest BCUT2D eigenvalue weighted by molar-refractivity contribution is -0.00899. The van der Waals surface area contributed by atoms with Gasteiger partial charge in [-0.05, 0) is 32.0 Å². The minimum atomic E-state index is 0.414. The molecule has 3 rings (SSSR count). The minimum absolute atomic E-state index is 0.414. The number of hydrogen-bond donors (Lipinski definition) is 1. The number of pyridine rings is 1. The van der Waals surface area contributed by atoms with Crippen LogP contribution in [0.4, 0.5) is 5.82 Å². The van der Waals surface area contributed by atoms with Crippen molar-refractivity contribution in [1.29, 1.82) is 0 Å². The zero-order valence-corrected chi connectivity index (χ0v) is 11.6. The van der Waals surface area contributed by atoms with E-state index >= 15 is 0 Å². The number of aromatic nitrogens is 1. The quantitative estimate of drug-likeness (QED) is 0.902. The van der Waals surface area contributed by atoms with Crippen molar-refractivity contribution in [2.45, 2.75) is 44.4 Å². The molecule has 1 aromatic heterocycles. The predicted octanol–water partition coefficient (Wildman–Crippen LogP) is 1.95. The summed E-state index contributed by atoms with van der Waals surface area (Å²) in [6.45, 7) is 2.63. The van der Waals surface area contributed by atoms with Crippen molar-refractivity contribution in [3.63, 3.8) is 0 Å².